The zero-order valence-electron chi connectivity index (χ0n) is 10.00. The number of thioether (sulfide) groups is 1. The number of hydrogen-bond donors (Lipinski definition) is 1. The third-order valence-corrected chi connectivity index (χ3v) is 4.09. The number of aliphatic carboxylic acids is 1. The van der Waals surface area contributed by atoms with Crippen LogP contribution in [0.4, 0.5) is 0 Å². The summed E-state index contributed by atoms with van der Waals surface area (Å²) < 4.78 is 0.860. The standard InChI is InChI=1S/C14H11NO2S2/c16-13(17)9-12-10-19-14(15-12)18-8-4-7-11-5-2-1-3-6-11/h1-3,5-6,10H,8-9H2,(H,16,17). The van der Waals surface area contributed by atoms with Crippen molar-refractivity contribution in [3.63, 3.8) is 0 Å². The van der Waals surface area contributed by atoms with Gasteiger partial charge in [-0.3, -0.25) is 4.79 Å². The smallest absolute Gasteiger partial charge is 0.309 e. The summed E-state index contributed by atoms with van der Waals surface area (Å²) in [6, 6.07) is 9.80. The molecule has 1 aromatic heterocycles. The molecule has 1 N–H and O–H groups in total. The monoisotopic (exact) mass is 289 g/mol. The zero-order valence-corrected chi connectivity index (χ0v) is 11.6. The molecule has 2 rings (SSSR count). The molecule has 3 nitrogen and oxygen atoms in total. The predicted octanol–water partition coefficient (Wildman–Crippen LogP) is 2.91. The second-order valence-electron chi connectivity index (χ2n) is 3.63. The van der Waals surface area contributed by atoms with Gasteiger partial charge in [0.05, 0.1) is 17.9 Å². The van der Waals surface area contributed by atoms with E-state index in [1.165, 1.54) is 23.1 Å². The molecule has 0 unspecified atom stereocenters. The molecule has 0 aliphatic carbocycles. The number of carboxylic acid groups (broad SMARTS) is 1. The largest absolute Gasteiger partial charge is 0.481 e. The number of nitrogens with zero attached hydrogens (tertiary/aromatic N) is 1. The Kier molecular flexibility index (Phi) is 5.01. The molecule has 19 heavy (non-hydrogen) atoms. The van der Waals surface area contributed by atoms with Crippen molar-refractivity contribution in [2.75, 3.05) is 5.75 Å². The molecule has 0 radical (unpaired) electrons. The van der Waals surface area contributed by atoms with Crippen LogP contribution < -0.4 is 0 Å². The maximum absolute atomic E-state index is 10.5. The molecule has 0 spiro atoms. The van der Waals surface area contributed by atoms with Crippen LogP contribution in [0.3, 0.4) is 0 Å². The van der Waals surface area contributed by atoms with Crippen molar-refractivity contribution in [2.24, 2.45) is 0 Å². The molecule has 0 bridgehead atoms. The van der Waals surface area contributed by atoms with E-state index < -0.39 is 5.97 Å². The van der Waals surface area contributed by atoms with Crippen LogP contribution in [0.5, 0.6) is 0 Å². The van der Waals surface area contributed by atoms with Gasteiger partial charge in [-0.15, -0.1) is 11.3 Å². The van der Waals surface area contributed by atoms with E-state index in [9.17, 15) is 4.79 Å². The van der Waals surface area contributed by atoms with Gasteiger partial charge in [0.2, 0.25) is 0 Å². The van der Waals surface area contributed by atoms with Gasteiger partial charge in [-0.1, -0.05) is 41.8 Å². The fourth-order valence-electron chi connectivity index (χ4n) is 1.35. The van der Waals surface area contributed by atoms with Crippen LogP contribution in [0, 0.1) is 11.8 Å². The van der Waals surface area contributed by atoms with E-state index in [2.05, 4.69) is 16.8 Å². The summed E-state index contributed by atoms with van der Waals surface area (Å²) in [6.45, 7) is 0. The molecule has 0 atom stereocenters. The summed E-state index contributed by atoms with van der Waals surface area (Å²) in [5, 5.41) is 10.4. The summed E-state index contributed by atoms with van der Waals surface area (Å²) in [7, 11) is 0. The first-order valence-corrected chi connectivity index (χ1v) is 7.43. The minimum Gasteiger partial charge on any atom is -0.481 e. The Bertz CT molecular complexity index is 611. The Hall–Kier alpha value is -1.77. The Labute approximate surface area is 119 Å². The van der Waals surface area contributed by atoms with Gasteiger partial charge in [-0.25, -0.2) is 4.98 Å². The van der Waals surface area contributed by atoms with Crippen molar-refractivity contribution in [1.29, 1.82) is 0 Å². The highest BCUT2D eigenvalue weighted by molar-refractivity contribution is 8.01. The predicted molar refractivity (Wildman–Crippen MR) is 77.5 cm³/mol. The summed E-state index contributed by atoms with van der Waals surface area (Å²) >= 11 is 2.99. The Morgan fingerprint density at radius 3 is 2.89 bits per heavy atom. The van der Waals surface area contributed by atoms with E-state index in [1.54, 1.807) is 5.38 Å². The lowest BCUT2D eigenvalue weighted by Crippen LogP contribution is -1.99. The molecule has 1 heterocycles. The summed E-state index contributed by atoms with van der Waals surface area (Å²) in [5.41, 5.74) is 1.60. The lowest BCUT2D eigenvalue weighted by molar-refractivity contribution is -0.136. The van der Waals surface area contributed by atoms with Crippen LogP contribution in [0.1, 0.15) is 11.3 Å². The quantitative estimate of drug-likeness (QED) is 0.694. The third kappa shape index (κ3) is 4.78. The first-order valence-electron chi connectivity index (χ1n) is 5.57. The molecule has 0 fully saturated rings. The van der Waals surface area contributed by atoms with E-state index in [4.69, 9.17) is 5.11 Å². The first kappa shape index (κ1) is 13.7. The van der Waals surface area contributed by atoms with Gasteiger partial charge < -0.3 is 5.11 Å². The molecule has 5 heteroatoms. The van der Waals surface area contributed by atoms with Crippen LogP contribution in [0.2, 0.25) is 0 Å². The molecule has 2 aromatic rings. The minimum absolute atomic E-state index is 0.0211. The van der Waals surface area contributed by atoms with Crippen LogP contribution in [-0.4, -0.2) is 21.8 Å². The zero-order chi connectivity index (χ0) is 13.5. The molecule has 0 amide bonds. The highest BCUT2D eigenvalue weighted by Gasteiger charge is 2.05. The van der Waals surface area contributed by atoms with Gasteiger partial charge in [0.15, 0.2) is 4.34 Å². The molecule has 0 aliphatic heterocycles. The number of rotatable bonds is 4. The Balaban J connectivity index is 1.85. The number of aromatic nitrogens is 1. The normalized spacial score (nSPS) is 9.68. The van der Waals surface area contributed by atoms with E-state index >= 15 is 0 Å². The summed E-state index contributed by atoms with van der Waals surface area (Å²) in [4.78, 5) is 14.8. The van der Waals surface area contributed by atoms with Gasteiger partial charge in [0, 0.05) is 10.9 Å². The van der Waals surface area contributed by atoms with Crippen LogP contribution in [0.15, 0.2) is 40.1 Å². The molecule has 0 saturated heterocycles. The minimum atomic E-state index is -0.856. The van der Waals surface area contributed by atoms with Crippen molar-refractivity contribution >= 4 is 29.1 Å². The molecule has 0 aliphatic rings. The highest BCUT2D eigenvalue weighted by Crippen LogP contribution is 2.22. The maximum Gasteiger partial charge on any atom is 0.309 e. The molecule has 1 aromatic carbocycles. The van der Waals surface area contributed by atoms with Gasteiger partial charge >= 0.3 is 5.97 Å². The SMILES string of the molecule is O=C(O)Cc1csc(SCC#Cc2ccccc2)n1. The first-order chi connectivity index (χ1) is 9.24. The Morgan fingerprint density at radius 2 is 2.16 bits per heavy atom. The summed E-state index contributed by atoms with van der Waals surface area (Å²) in [6.07, 6.45) is -0.0211. The van der Waals surface area contributed by atoms with E-state index in [-0.39, 0.29) is 6.42 Å². The molecular weight excluding hydrogens is 278 g/mol. The fourth-order valence-corrected chi connectivity index (χ4v) is 2.93. The fraction of sp³-hybridized carbons (Fsp3) is 0.143. The average Bonchev–Trinajstić information content (AvgIpc) is 2.83. The lowest BCUT2D eigenvalue weighted by atomic mass is 10.2. The second kappa shape index (κ2) is 6.98. The van der Waals surface area contributed by atoms with Crippen LogP contribution in [0.25, 0.3) is 0 Å². The highest BCUT2D eigenvalue weighted by atomic mass is 32.2. The van der Waals surface area contributed by atoms with Crippen LogP contribution in [-0.2, 0) is 11.2 Å². The van der Waals surface area contributed by atoms with Gasteiger partial charge in [0.1, 0.15) is 0 Å². The third-order valence-electron chi connectivity index (χ3n) is 2.14. The van der Waals surface area contributed by atoms with E-state index in [1.807, 2.05) is 30.3 Å². The van der Waals surface area contributed by atoms with Crippen LogP contribution >= 0.6 is 23.1 Å². The summed E-state index contributed by atoms with van der Waals surface area (Å²) in [5.74, 6) is 5.92. The number of hydrogen-bond acceptors (Lipinski definition) is 4. The molecule has 0 saturated carbocycles. The molecule has 96 valence electrons. The average molecular weight is 289 g/mol. The van der Waals surface area contributed by atoms with Crippen molar-refractivity contribution in [3.05, 3.63) is 47.0 Å². The number of benzene rings is 1. The van der Waals surface area contributed by atoms with Gasteiger partial charge in [-0.2, -0.15) is 0 Å². The topological polar surface area (TPSA) is 50.2 Å². The maximum atomic E-state index is 10.5. The Morgan fingerprint density at radius 1 is 1.37 bits per heavy atom. The number of carbonyl (C=O) groups is 1. The van der Waals surface area contributed by atoms with Gasteiger partial charge in [-0.05, 0) is 12.1 Å². The lowest BCUT2D eigenvalue weighted by Gasteiger charge is -1.90. The number of thiazole rings is 1. The van der Waals surface area contributed by atoms with Crippen molar-refractivity contribution < 1.29 is 9.90 Å². The second-order valence-corrected chi connectivity index (χ2v) is 5.71. The van der Waals surface area contributed by atoms with Crippen molar-refractivity contribution in [2.45, 2.75) is 10.8 Å². The number of carboxylic acids is 1. The van der Waals surface area contributed by atoms with E-state index in [0.29, 0.717) is 11.4 Å². The molecular formula is C14H11NO2S2. The van der Waals surface area contributed by atoms with Gasteiger partial charge in [0.25, 0.3) is 0 Å². The van der Waals surface area contributed by atoms with E-state index in [0.717, 1.165) is 9.90 Å². The van der Waals surface area contributed by atoms with Crippen molar-refractivity contribution in [1.82, 2.24) is 4.98 Å². The van der Waals surface area contributed by atoms with Crippen molar-refractivity contribution in [3.8, 4) is 11.8 Å².